The minimum absolute atomic E-state index is 0.0352. The molecule has 3 aromatic carbocycles. The minimum Gasteiger partial charge on any atom is -0.493 e. The van der Waals surface area contributed by atoms with Gasteiger partial charge in [0.2, 0.25) is 5.60 Å². The molecule has 1 atom stereocenters. The first-order valence-corrected chi connectivity index (χ1v) is 15.2. The van der Waals surface area contributed by atoms with Crippen LogP contribution in [0.2, 0.25) is 5.02 Å². The molecule has 3 N–H and O–H groups in total. The van der Waals surface area contributed by atoms with E-state index in [1.54, 1.807) is 36.4 Å². The molecule has 262 valence electrons. The van der Waals surface area contributed by atoms with E-state index in [0.717, 1.165) is 18.2 Å². The SMILES string of the molecule is COc1cc(C(=O)NCC(O)(c2cc(C(C)(C)NC(=O)OCc3ccccc3)cc(-c3ccc(F)c(Cl)c3)n2)C(F)(F)F)ccc1OCC#N. The second kappa shape index (κ2) is 15.4. The lowest BCUT2D eigenvalue weighted by atomic mass is 9.88. The quantitative estimate of drug-likeness (QED) is 0.136. The minimum atomic E-state index is -5.40. The first kappa shape index (κ1) is 37.4. The van der Waals surface area contributed by atoms with E-state index in [0.29, 0.717) is 5.56 Å². The van der Waals surface area contributed by atoms with E-state index in [1.807, 2.05) is 0 Å². The van der Waals surface area contributed by atoms with Crippen LogP contribution in [-0.4, -0.2) is 48.5 Å². The van der Waals surface area contributed by atoms with E-state index in [-0.39, 0.29) is 52.1 Å². The molecule has 4 aromatic rings. The van der Waals surface area contributed by atoms with Gasteiger partial charge in [0.15, 0.2) is 18.1 Å². The molecule has 0 aliphatic heterocycles. The topological polar surface area (TPSA) is 143 Å². The van der Waals surface area contributed by atoms with Crippen LogP contribution in [0, 0.1) is 17.1 Å². The maximum atomic E-state index is 14.8. The number of alkyl carbamates (subject to hydrolysis) is 1. The summed E-state index contributed by atoms with van der Waals surface area (Å²) in [7, 11) is 1.27. The van der Waals surface area contributed by atoms with Crippen molar-refractivity contribution >= 4 is 23.6 Å². The monoisotopic (exact) mass is 714 g/mol. The van der Waals surface area contributed by atoms with Crippen molar-refractivity contribution in [1.29, 1.82) is 5.26 Å². The third-order valence-corrected chi connectivity index (χ3v) is 7.79. The molecule has 1 unspecified atom stereocenters. The fraction of sp³-hybridized carbons (Fsp3) is 0.257. The molecule has 50 heavy (non-hydrogen) atoms. The number of nitrogens with zero attached hydrogens (tertiary/aromatic N) is 2. The predicted molar refractivity (Wildman–Crippen MR) is 174 cm³/mol. The molecular formula is C35H31ClF4N4O6. The zero-order valence-electron chi connectivity index (χ0n) is 26.9. The van der Waals surface area contributed by atoms with E-state index >= 15 is 0 Å². The highest BCUT2D eigenvalue weighted by molar-refractivity contribution is 6.31. The number of halogens is 5. The molecule has 0 spiro atoms. The van der Waals surface area contributed by atoms with Gasteiger partial charge in [-0.3, -0.25) is 4.79 Å². The van der Waals surface area contributed by atoms with Gasteiger partial charge in [-0.25, -0.2) is 14.2 Å². The highest BCUT2D eigenvalue weighted by Gasteiger charge is 2.56. The zero-order chi connectivity index (χ0) is 36.7. The number of pyridine rings is 1. The summed E-state index contributed by atoms with van der Waals surface area (Å²) in [6.07, 6.45) is -6.29. The highest BCUT2D eigenvalue weighted by Crippen LogP contribution is 2.40. The molecule has 0 saturated carbocycles. The van der Waals surface area contributed by atoms with Crippen molar-refractivity contribution in [3.8, 4) is 28.8 Å². The normalized spacial score (nSPS) is 12.6. The highest BCUT2D eigenvalue weighted by atomic mass is 35.5. The second-order valence-electron chi connectivity index (χ2n) is 11.4. The van der Waals surface area contributed by atoms with Gasteiger partial charge in [-0.1, -0.05) is 41.9 Å². The summed E-state index contributed by atoms with van der Waals surface area (Å²) < 4.78 is 74.1. The Morgan fingerprint density at radius 1 is 1.00 bits per heavy atom. The van der Waals surface area contributed by atoms with Crippen molar-refractivity contribution in [2.24, 2.45) is 0 Å². The number of ether oxygens (including phenoxy) is 3. The Kier molecular flexibility index (Phi) is 11.6. The molecule has 10 nitrogen and oxygen atoms in total. The summed E-state index contributed by atoms with van der Waals surface area (Å²) in [5.41, 5.74) is -5.60. The van der Waals surface area contributed by atoms with Gasteiger partial charge in [0.1, 0.15) is 18.5 Å². The van der Waals surface area contributed by atoms with Crippen LogP contribution >= 0.6 is 11.6 Å². The van der Waals surface area contributed by atoms with Crippen molar-refractivity contribution in [3.05, 3.63) is 112 Å². The summed E-state index contributed by atoms with van der Waals surface area (Å²) in [4.78, 5) is 29.9. The van der Waals surface area contributed by atoms with E-state index in [9.17, 15) is 32.3 Å². The first-order valence-electron chi connectivity index (χ1n) is 14.8. The van der Waals surface area contributed by atoms with Gasteiger partial charge in [0.05, 0.1) is 35.6 Å². The number of methoxy groups -OCH3 is 1. The number of carbonyl (C=O) groups is 2. The molecule has 1 heterocycles. The Hall–Kier alpha value is -5.39. The summed E-state index contributed by atoms with van der Waals surface area (Å²) in [6, 6.07) is 19.9. The molecule has 2 amide bonds. The van der Waals surface area contributed by atoms with Crippen LogP contribution in [0.15, 0.2) is 78.9 Å². The van der Waals surface area contributed by atoms with Crippen LogP contribution in [0.3, 0.4) is 0 Å². The van der Waals surface area contributed by atoms with E-state index in [4.69, 9.17) is 31.1 Å². The lowest BCUT2D eigenvalue weighted by Crippen LogP contribution is -2.52. The molecule has 0 radical (unpaired) electrons. The van der Waals surface area contributed by atoms with Crippen LogP contribution in [0.25, 0.3) is 11.3 Å². The van der Waals surface area contributed by atoms with Gasteiger partial charge in [-0.2, -0.15) is 18.4 Å². The van der Waals surface area contributed by atoms with Gasteiger partial charge in [0, 0.05) is 11.1 Å². The molecule has 15 heteroatoms. The van der Waals surface area contributed by atoms with Gasteiger partial charge < -0.3 is 30.0 Å². The summed E-state index contributed by atoms with van der Waals surface area (Å²) in [5.74, 6) is -1.65. The average Bonchev–Trinajstić information content (AvgIpc) is 3.09. The molecule has 4 rings (SSSR count). The number of alkyl halides is 3. The maximum Gasteiger partial charge on any atom is 0.424 e. The predicted octanol–water partition coefficient (Wildman–Crippen LogP) is 6.79. The van der Waals surface area contributed by atoms with Crippen LogP contribution in [0.5, 0.6) is 11.5 Å². The van der Waals surface area contributed by atoms with Crippen LogP contribution in [-0.2, 0) is 22.5 Å². The van der Waals surface area contributed by atoms with E-state index < -0.39 is 47.4 Å². The Morgan fingerprint density at radius 3 is 2.36 bits per heavy atom. The standard InChI is InChI=1S/C35H31ClF4N4O6/c1-33(2,44-32(46)50-19-21-7-5-4-6-8-21)24-17-27(22-9-11-26(37)25(36)15-22)43-30(18-24)34(47,35(38,39)40)20-42-31(45)23-10-12-28(49-14-13-41)29(16-23)48-3/h4-12,15-18,47H,14,19-20H2,1-3H3,(H,42,45)(H,44,46). The van der Waals surface area contributed by atoms with E-state index in [2.05, 4.69) is 15.6 Å². The second-order valence-corrected chi connectivity index (χ2v) is 11.8. The third kappa shape index (κ3) is 8.79. The maximum absolute atomic E-state index is 14.8. The number of rotatable bonds is 12. The number of benzene rings is 3. The number of nitrogens with one attached hydrogen (secondary N) is 2. The molecule has 0 fully saturated rings. The number of amides is 2. The smallest absolute Gasteiger partial charge is 0.424 e. The molecular weight excluding hydrogens is 684 g/mol. The lowest BCUT2D eigenvalue weighted by molar-refractivity contribution is -0.265. The van der Waals surface area contributed by atoms with Crippen molar-refractivity contribution in [1.82, 2.24) is 15.6 Å². The Labute approximate surface area is 289 Å². The van der Waals surface area contributed by atoms with Crippen LogP contribution in [0.4, 0.5) is 22.4 Å². The summed E-state index contributed by atoms with van der Waals surface area (Å²) in [6.45, 7) is 1.18. The number of hydrogen-bond donors (Lipinski definition) is 3. The Bertz CT molecular complexity index is 1900. The van der Waals surface area contributed by atoms with Gasteiger partial charge in [0.25, 0.3) is 5.91 Å². The first-order chi connectivity index (χ1) is 23.6. The van der Waals surface area contributed by atoms with Crippen molar-refractivity contribution in [2.75, 3.05) is 20.3 Å². The van der Waals surface area contributed by atoms with Crippen molar-refractivity contribution in [2.45, 2.75) is 37.8 Å². The Balaban J connectivity index is 1.71. The molecule has 0 aliphatic rings. The number of aliphatic hydroxyl groups is 1. The number of nitriles is 1. The molecule has 0 saturated heterocycles. The number of hydrogen-bond acceptors (Lipinski definition) is 8. The van der Waals surface area contributed by atoms with Gasteiger partial charge >= 0.3 is 12.3 Å². The fourth-order valence-corrected chi connectivity index (χ4v) is 4.86. The van der Waals surface area contributed by atoms with Crippen LogP contribution in [0.1, 0.15) is 41.0 Å². The third-order valence-electron chi connectivity index (χ3n) is 7.51. The molecule has 1 aromatic heterocycles. The Morgan fingerprint density at radius 2 is 1.72 bits per heavy atom. The van der Waals surface area contributed by atoms with Gasteiger partial charge in [-0.05, 0) is 73.5 Å². The van der Waals surface area contributed by atoms with E-state index in [1.165, 1.54) is 51.3 Å². The lowest BCUT2D eigenvalue weighted by Gasteiger charge is -2.33. The number of aromatic nitrogens is 1. The van der Waals surface area contributed by atoms with Gasteiger partial charge in [-0.15, -0.1) is 0 Å². The molecule has 0 bridgehead atoms. The van der Waals surface area contributed by atoms with Crippen molar-refractivity contribution in [3.63, 3.8) is 0 Å². The fourth-order valence-electron chi connectivity index (χ4n) is 4.68. The number of carbonyl (C=O) groups excluding carboxylic acids is 2. The van der Waals surface area contributed by atoms with Crippen molar-refractivity contribution < 1.29 is 46.5 Å². The average molecular weight is 715 g/mol. The largest absolute Gasteiger partial charge is 0.493 e. The van der Waals surface area contributed by atoms with Crippen LogP contribution < -0.4 is 20.1 Å². The molecule has 0 aliphatic carbocycles. The zero-order valence-corrected chi connectivity index (χ0v) is 27.7. The summed E-state index contributed by atoms with van der Waals surface area (Å²) in [5, 5.41) is 24.5. The summed E-state index contributed by atoms with van der Waals surface area (Å²) >= 11 is 5.96.